The third-order valence-electron chi connectivity index (χ3n) is 3.20. The van der Waals surface area contributed by atoms with Crippen LogP contribution in [0.1, 0.15) is 5.56 Å². The molecule has 0 saturated carbocycles. The summed E-state index contributed by atoms with van der Waals surface area (Å²) in [6.07, 6.45) is 1.40. The highest BCUT2D eigenvalue weighted by Gasteiger charge is 2.18. The van der Waals surface area contributed by atoms with E-state index in [-0.39, 0.29) is 22.9 Å². The number of non-ortho nitro benzene ring substituents is 1. The van der Waals surface area contributed by atoms with Crippen molar-refractivity contribution in [3.05, 3.63) is 62.2 Å². The Morgan fingerprint density at radius 1 is 1.00 bits per heavy atom. The standard InChI is InChI=1S/C15H14N4O6/c1-24-14-8-13(19(22)23)15(25-2)7-10(14)9-16-17-11-3-5-12(6-4-11)18(20)21/h3-9,17H,1-2H3. The number of rotatable bonds is 7. The third-order valence-corrected chi connectivity index (χ3v) is 3.20. The molecule has 0 aliphatic rings. The van der Waals surface area contributed by atoms with Gasteiger partial charge in [0, 0.05) is 17.7 Å². The molecule has 2 aromatic rings. The summed E-state index contributed by atoms with van der Waals surface area (Å²) in [5.41, 5.74) is 3.44. The number of benzene rings is 2. The number of anilines is 1. The van der Waals surface area contributed by atoms with Crippen molar-refractivity contribution in [2.45, 2.75) is 0 Å². The number of hydrogen-bond acceptors (Lipinski definition) is 8. The van der Waals surface area contributed by atoms with Gasteiger partial charge < -0.3 is 9.47 Å². The number of ether oxygens (including phenoxy) is 2. The molecule has 1 N–H and O–H groups in total. The molecule has 0 amide bonds. The summed E-state index contributed by atoms with van der Waals surface area (Å²) in [6.45, 7) is 0. The van der Waals surface area contributed by atoms with E-state index in [1.165, 1.54) is 56.8 Å². The van der Waals surface area contributed by atoms with Gasteiger partial charge in [-0.25, -0.2) is 0 Å². The highest BCUT2D eigenvalue weighted by molar-refractivity contribution is 5.86. The number of hydrazone groups is 1. The predicted molar refractivity (Wildman–Crippen MR) is 90.5 cm³/mol. The maximum atomic E-state index is 11.0. The zero-order valence-corrected chi connectivity index (χ0v) is 13.3. The number of nitrogens with zero attached hydrogens (tertiary/aromatic N) is 3. The third kappa shape index (κ3) is 4.19. The van der Waals surface area contributed by atoms with Crippen LogP contribution < -0.4 is 14.9 Å². The Balaban J connectivity index is 2.22. The van der Waals surface area contributed by atoms with Crippen LogP contribution in [0.5, 0.6) is 11.5 Å². The lowest BCUT2D eigenvalue weighted by Crippen LogP contribution is -1.99. The van der Waals surface area contributed by atoms with Crippen LogP contribution >= 0.6 is 0 Å². The summed E-state index contributed by atoms with van der Waals surface area (Å²) in [4.78, 5) is 20.5. The Bertz CT molecular complexity index is 820. The molecule has 130 valence electrons. The minimum absolute atomic E-state index is 0.0312. The zero-order chi connectivity index (χ0) is 18.4. The molecule has 0 bridgehead atoms. The summed E-state index contributed by atoms with van der Waals surface area (Å²) in [5.74, 6) is 0.323. The molecule has 0 saturated heterocycles. The number of hydrogen-bond donors (Lipinski definition) is 1. The second-order valence-corrected chi connectivity index (χ2v) is 4.70. The van der Waals surface area contributed by atoms with Gasteiger partial charge in [-0.2, -0.15) is 5.10 Å². The summed E-state index contributed by atoms with van der Waals surface area (Å²) in [7, 11) is 2.71. The van der Waals surface area contributed by atoms with E-state index in [9.17, 15) is 20.2 Å². The zero-order valence-electron chi connectivity index (χ0n) is 13.3. The number of nitrogens with one attached hydrogen (secondary N) is 1. The van der Waals surface area contributed by atoms with E-state index in [0.29, 0.717) is 11.3 Å². The molecule has 10 nitrogen and oxygen atoms in total. The van der Waals surface area contributed by atoms with Crippen LogP contribution in [0.2, 0.25) is 0 Å². The average Bonchev–Trinajstić information content (AvgIpc) is 2.61. The molecule has 2 aromatic carbocycles. The molecule has 0 heterocycles. The first kappa shape index (κ1) is 17.7. The molecule has 0 atom stereocenters. The largest absolute Gasteiger partial charge is 0.496 e. The summed E-state index contributed by atoms with van der Waals surface area (Å²) in [6, 6.07) is 8.36. The Labute approximate surface area is 142 Å². The molecule has 2 rings (SSSR count). The van der Waals surface area contributed by atoms with E-state index >= 15 is 0 Å². The molecule has 25 heavy (non-hydrogen) atoms. The molecule has 0 radical (unpaired) electrons. The smallest absolute Gasteiger partial charge is 0.314 e. The topological polar surface area (TPSA) is 129 Å². The number of nitro groups is 2. The van der Waals surface area contributed by atoms with Gasteiger partial charge in [-0.15, -0.1) is 0 Å². The van der Waals surface area contributed by atoms with Crippen molar-refractivity contribution in [1.29, 1.82) is 0 Å². The molecular weight excluding hydrogens is 332 g/mol. The van der Waals surface area contributed by atoms with Gasteiger partial charge in [0.15, 0.2) is 5.75 Å². The Morgan fingerprint density at radius 2 is 1.64 bits per heavy atom. The van der Waals surface area contributed by atoms with Gasteiger partial charge in [-0.05, 0) is 18.2 Å². The summed E-state index contributed by atoms with van der Waals surface area (Å²) < 4.78 is 10.1. The van der Waals surface area contributed by atoms with Crippen LogP contribution in [0, 0.1) is 20.2 Å². The van der Waals surface area contributed by atoms with Gasteiger partial charge in [0.1, 0.15) is 5.75 Å². The van der Waals surface area contributed by atoms with Crippen molar-refractivity contribution in [3.63, 3.8) is 0 Å². The first-order valence-electron chi connectivity index (χ1n) is 6.90. The van der Waals surface area contributed by atoms with Crippen LogP contribution in [-0.2, 0) is 0 Å². The summed E-state index contributed by atoms with van der Waals surface area (Å²) in [5, 5.41) is 25.6. The molecule has 0 aromatic heterocycles. The van der Waals surface area contributed by atoms with E-state index < -0.39 is 9.85 Å². The lowest BCUT2D eigenvalue weighted by molar-refractivity contribution is -0.385. The van der Waals surface area contributed by atoms with Crippen LogP contribution in [0.4, 0.5) is 17.1 Å². The van der Waals surface area contributed by atoms with Crippen molar-refractivity contribution in [2.75, 3.05) is 19.6 Å². The fraction of sp³-hybridized carbons (Fsp3) is 0.133. The fourth-order valence-electron chi connectivity index (χ4n) is 1.98. The molecule has 0 fully saturated rings. The van der Waals surface area contributed by atoms with Gasteiger partial charge in [0.25, 0.3) is 5.69 Å². The monoisotopic (exact) mass is 346 g/mol. The van der Waals surface area contributed by atoms with Crippen molar-refractivity contribution in [2.24, 2.45) is 5.10 Å². The minimum atomic E-state index is -0.572. The molecular formula is C15H14N4O6. The normalized spacial score (nSPS) is 10.5. The van der Waals surface area contributed by atoms with Crippen LogP contribution in [-0.4, -0.2) is 30.3 Å². The fourth-order valence-corrected chi connectivity index (χ4v) is 1.98. The predicted octanol–water partition coefficient (Wildman–Crippen LogP) is 2.97. The Morgan fingerprint density at radius 3 is 2.16 bits per heavy atom. The number of nitro benzene ring substituents is 2. The lowest BCUT2D eigenvalue weighted by atomic mass is 10.2. The van der Waals surface area contributed by atoms with Gasteiger partial charge in [-0.3, -0.25) is 25.7 Å². The maximum Gasteiger partial charge on any atom is 0.314 e. The molecule has 0 aliphatic carbocycles. The van der Waals surface area contributed by atoms with Crippen LogP contribution in [0.25, 0.3) is 0 Å². The Hall–Kier alpha value is -3.69. The minimum Gasteiger partial charge on any atom is -0.496 e. The van der Waals surface area contributed by atoms with Crippen molar-refractivity contribution < 1.29 is 19.3 Å². The van der Waals surface area contributed by atoms with Crippen LogP contribution in [0.15, 0.2) is 41.5 Å². The van der Waals surface area contributed by atoms with Gasteiger partial charge in [-0.1, -0.05) is 0 Å². The number of methoxy groups -OCH3 is 2. The quantitative estimate of drug-likeness (QED) is 0.463. The highest BCUT2D eigenvalue weighted by Crippen LogP contribution is 2.33. The SMILES string of the molecule is COc1cc([N+](=O)[O-])c(OC)cc1C=NNc1ccc([N+](=O)[O-])cc1. The van der Waals surface area contributed by atoms with E-state index in [0.717, 1.165) is 0 Å². The van der Waals surface area contributed by atoms with E-state index in [1.54, 1.807) is 0 Å². The van der Waals surface area contributed by atoms with Crippen molar-refractivity contribution in [3.8, 4) is 11.5 Å². The highest BCUT2D eigenvalue weighted by atomic mass is 16.6. The molecule has 10 heteroatoms. The Kier molecular flexibility index (Phi) is 5.46. The first-order valence-corrected chi connectivity index (χ1v) is 6.90. The lowest BCUT2D eigenvalue weighted by Gasteiger charge is -2.08. The van der Waals surface area contributed by atoms with Gasteiger partial charge >= 0.3 is 5.69 Å². The molecule has 0 unspecified atom stereocenters. The van der Waals surface area contributed by atoms with Crippen molar-refractivity contribution >= 4 is 23.3 Å². The van der Waals surface area contributed by atoms with E-state index in [1.807, 2.05) is 0 Å². The first-order chi connectivity index (χ1) is 12.0. The van der Waals surface area contributed by atoms with Gasteiger partial charge in [0.2, 0.25) is 0 Å². The van der Waals surface area contributed by atoms with E-state index in [4.69, 9.17) is 9.47 Å². The van der Waals surface area contributed by atoms with Crippen LogP contribution in [0.3, 0.4) is 0 Å². The maximum absolute atomic E-state index is 11.0. The second-order valence-electron chi connectivity index (χ2n) is 4.70. The van der Waals surface area contributed by atoms with E-state index in [2.05, 4.69) is 10.5 Å². The van der Waals surface area contributed by atoms with Crippen molar-refractivity contribution in [1.82, 2.24) is 0 Å². The average molecular weight is 346 g/mol. The molecule has 0 spiro atoms. The van der Waals surface area contributed by atoms with Gasteiger partial charge in [0.05, 0.1) is 42.0 Å². The summed E-state index contributed by atoms with van der Waals surface area (Å²) >= 11 is 0. The second kappa shape index (κ2) is 7.73. The molecule has 0 aliphatic heterocycles.